The molecule has 0 bridgehead atoms. The smallest absolute Gasteiger partial charge is 0.237 e. The van der Waals surface area contributed by atoms with Gasteiger partial charge in [0.15, 0.2) is 11.0 Å². The molecule has 0 N–H and O–H groups in total. The minimum Gasteiger partial charge on any atom is -0.497 e. The van der Waals surface area contributed by atoms with E-state index in [0.717, 1.165) is 34.3 Å². The van der Waals surface area contributed by atoms with Gasteiger partial charge in [-0.25, -0.2) is 0 Å². The van der Waals surface area contributed by atoms with Gasteiger partial charge in [-0.3, -0.25) is 0 Å². The quantitative estimate of drug-likeness (QED) is 0.236. The molecule has 2 aromatic heterocycles. The molecule has 0 saturated heterocycles. The molecule has 0 saturated carbocycles. The molecule has 2 aromatic carbocycles. The van der Waals surface area contributed by atoms with Crippen molar-refractivity contribution in [1.82, 2.24) is 24.9 Å². The first-order chi connectivity index (χ1) is 15.7. The van der Waals surface area contributed by atoms with Gasteiger partial charge in [-0.2, -0.15) is 4.98 Å². The highest BCUT2D eigenvalue weighted by molar-refractivity contribution is 7.98. The van der Waals surface area contributed by atoms with Crippen molar-refractivity contribution in [2.75, 3.05) is 20.8 Å². The van der Waals surface area contributed by atoms with Crippen LogP contribution in [0.5, 0.6) is 5.75 Å². The van der Waals surface area contributed by atoms with E-state index in [1.807, 2.05) is 53.1 Å². The number of methoxy groups -OCH3 is 2. The minimum atomic E-state index is 0.466. The van der Waals surface area contributed by atoms with Crippen LogP contribution in [-0.2, 0) is 17.0 Å². The van der Waals surface area contributed by atoms with Crippen LogP contribution in [0.25, 0.3) is 22.8 Å². The molecule has 0 radical (unpaired) electrons. The van der Waals surface area contributed by atoms with Crippen LogP contribution in [-0.4, -0.2) is 45.7 Å². The Bertz CT molecular complexity index is 1160. The average Bonchev–Trinajstić information content (AvgIpc) is 3.45. The largest absolute Gasteiger partial charge is 0.497 e. The first kappa shape index (κ1) is 22.3. The maximum atomic E-state index is 6.40. The van der Waals surface area contributed by atoms with Gasteiger partial charge in [0, 0.05) is 31.4 Å². The number of halogens is 1. The number of hydrogen-bond donors (Lipinski definition) is 0. The summed E-state index contributed by atoms with van der Waals surface area (Å²) in [6.07, 6.45) is 0.821. The topological polar surface area (TPSA) is 88.1 Å². The molecule has 10 heteroatoms. The Morgan fingerprint density at radius 2 is 1.88 bits per heavy atom. The van der Waals surface area contributed by atoms with E-state index in [1.165, 1.54) is 11.8 Å². The fraction of sp³-hybridized carbons (Fsp3) is 0.273. The molecule has 0 aliphatic carbocycles. The third kappa shape index (κ3) is 5.12. The van der Waals surface area contributed by atoms with Crippen molar-refractivity contribution >= 4 is 23.4 Å². The van der Waals surface area contributed by atoms with Crippen molar-refractivity contribution in [2.24, 2.45) is 0 Å². The zero-order chi connectivity index (χ0) is 22.3. The summed E-state index contributed by atoms with van der Waals surface area (Å²) >= 11 is 7.88. The number of ether oxygens (including phenoxy) is 2. The number of hydrogen-bond acceptors (Lipinski definition) is 8. The maximum absolute atomic E-state index is 6.40. The van der Waals surface area contributed by atoms with E-state index >= 15 is 0 Å². The Hall–Kier alpha value is -2.88. The molecule has 0 atom stereocenters. The van der Waals surface area contributed by atoms with E-state index < -0.39 is 0 Å². The third-order valence-electron chi connectivity index (χ3n) is 4.70. The van der Waals surface area contributed by atoms with Crippen LogP contribution in [0.1, 0.15) is 12.3 Å². The second-order valence-electron chi connectivity index (χ2n) is 6.81. The Labute approximate surface area is 194 Å². The lowest BCUT2D eigenvalue weighted by Gasteiger charge is -2.10. The second kappa shape index (κ2) is 10.6. The number of nitrogens with zero attached hydrogens (tertiary/aromatic N) is 5. The van der Waals surface area contributed by atoms with Crippen molar-refractivity contribution in [3.63, 3.8) is 0 Å². The zero-order valence-corrected chi connectivity index (χ0v) is 19.3. The molecule has 8 nitrogen and oxygen atoms in total. The highest BCUT2D eigenvalue weighted by atomic mass is 35.5. The standard InChI is InChI=1S/C22H22ClN5O3S/c1-29-13-5-12-28-21(17-6-3-4-7-18(17)23)25-26-22(28)32-14-19-24-20(27-31-19)15-8-10-16(30-2)11-9-15/h3-4,6-11H,5,12-14H2,1-2H3. The lowest BCUT2D eigenvalue weighted by Crippen LogP contribution is -2.05. The summed E-state index contributed by atoms with van der Waals surface area (Å²) in [5.41, 5.74) is 1.69. The first-order valence-electron chi connectivity index (χ1n) is 9.96. The van der Waals surface area contributed by atoms with E-state index in [2.05, 4.69) is 20.3 Å². The van der Waals surface area contributed by atoms with Crippen LogP contribution in [0, 0.1) is 0 Å². The predicted molar refractivity (Wildman–Crippen MR) is 123 cm³/mol. The minimum absolute atomic E-state index is 0.466. The highest BCUT2D eigenvalue weighted by Crippen LogP contribution is 2.31. The molecule has 2 heterocycles. The van der Waals surface area contributed by atoms with Gasteiger partial charge in [-0.05, 0) is 42.8 Å². The molecular weight excluding hydrogens is 450 g/mol. The molecular formula is C22H22ClN5O3S. The average molecular weight is 472 g/mol. The first-order valence-corrected chi connectivity index (χ1v) is 11.3. The van der Waals surface area contributed by atoms with Crippen molar-refractivity contribution in [3.05, 3.63) is 59.4 Å². The highest BCUT2D eigenvalue weighted by Gasteiger charge is 2.18. The Morgan fingerprint density at radius 1 is 1.06 bits per heavy atom. The van der Waals surface area contributed by atoms with Gasteiger partial charge < -0.3 is 18.6 Å². The molecule has 4 aromatic rings. The van der Waals surface area contributed by atoms with E-state index in [4.69, 9.17) is 25.6 Å². The van der Waals surface area contributed by atoms with Crippen LogP contribution in [0.2, 0.25) is 5.02 Å². The Morgan fingerprint density at radius 3 is 2.62 bits per heavy atom. The van der Waals surface area contributed by atoms with E-state index in [0.29, 0.717) is 35.6 Å². The molecule has 0 spiro atoms. The van der Waals surface area contributed by atoms with Crippen molar-refractivity contribution in [1.29, 1.82) is 0 Å². The summed E-state index contributed by atoms with van der Waals surface area (Å²) < 4.78 is 17.9. The van der Waals surface area contributed by atoms with E-state index in [1.54, 1.807) is 14.2 Å². The lowest BCUT2D eigenvalue weighted by molar-refractivity contribution is 0.189. The zero-order valence-electron chi connectivity index (χ0n) is 17.7. The monoisotopic (exact) mass is 471 g/mol. The Balaban J connectivity index is 1.51. The molecule has 0 unspecified atom stereocenters. The lowest BCUT2D eigenvalue weighted by atomic mass is 10.2. The van der Waals surface area contributed by atoms with Crippen LogP contribution in [0.4, 0.5) is 0 Å². The van der Waals surface area contributed by atoms with E-state index in [9.17, 15) is 0 Å². The Kier molecular flexibility index (Phi) is 7.41. The fourth-order valence-corrected chi connectivity index (χ4v) is 4.13. The molecule has 0 aliphatic heterocycles. The third-order valence-corrected chi connectivity index (χ3v) is 5.98. The second-order valence-corrected chi connectivity index (χ2v) is 8.16. The normalized spacial score (nSPS) is 11.1. The summed E-state index contributed by atoms with van der Waals surface area (Å²) in [5.74, 6) is 3.00. The number of rotatable bonds is 10. The van der Waals surface area contributed by atoms with Crippen LogP contribution in [0.3, 0.4) is 0 Å². The summed E-state index contributed by atoms with van der Waals surface area (Å²) in [6.45, 7) is 1.34. The molecule has 166 valence electrons. The fourth-order valence-electron chi connectivity index (χ4n) is 3.10. The molecule has 0 amide bonds. The van der Waals surface area contributed by atoms with Gasteiger partial charge >= 0.3 is 0 Å². The number of benzene rings is 2. The SMILES string of the molecule is COCCCn1c(SCc2nc(-c3ccc(OC)cc3)no2)nnc1-c1ccccc1Cl. The van der Waals surface area contributed by atoms with Gasteiger partial charge in [0.1, 0.15) is 5.75 Å². The molecule has 32 heavy (non-hydrogen) atoms. The molecule has 0 fully saturated rings. The summed E-state index contributed by atoms with van der Waals surface area (Å²) in [5, 5.41) is 14.2. The summed E-state index contributed by atoms with van der Waals surface area (Å²) in [6, 6.07) is 15.1. The number of thioether (sulfide) groups is 1. The molecule has 4 rings (SSSR count). The van der Waals surface area contributed by atoms with E-state index in [-0.39, 0.29) is 0 Å². The van der Waals surface area contributed by atoms with Crippen LogP contribution in [0.15, 0.2) is 58.2 Å². The van der Waals surface area contributed by atoms with Crippen molar-refractivity contribution < 1.29 is 14.0 Å². The van der Waals surface area contributed by atoms with Crippen molar-refractivity contribution in [2.45, 2.75) is 23.9 Å². The van der Waals surface area contributed by atoms with Crippen molar-refractivity contribution in [3.8, 4) is 28.5 Å². The summed E-state index contributed by atoms with van der Waals surface area (Å²) in [4.78, 5) is 4.50. The predicted octanol–water partition coefficient (Wildman–Crippen LogP) is 4.99. The van der Waals surface area contributed by atoms with Gasteiger partial charge in [0.25, 0.3) is 0 Å². The van der Waals surface area contributed by atoms with Crippen LogP contribution >= 0.6 is 23.4 Å². The molecule has 0 aliphatic rings. The maximum Gasteiger partial charge on any atom is 0.237 e. The summed E-state index contributed by atoms with van der Waals surface area (Å²) in [7, 11) is 3.32. The van der Waals surface area contributed by atoms with Gasteiger partial charge in [-0.15, -0.1) is 10.2 Å². The van der Waals surface area contributed by atoms with Gasteiger partial charge in [-0.1, -0.05) is 40.7 Å². The van der Waals surface area contributed by atoms with Gasteiger partial charge in [0.2, 0.25) is 11.7 Å². The number of aromatic nitrogens is 5. The van der Waals surface area contributed by atoms with Crippen LogP contribution < -0.4 is 4.74 Å². The van der Waals surface area contributed by atoms with Gasteiger partial charge in [0.05, 0.1) is 17.9 Å².